The van der Waals surface area contributed by atoms with Crippen LogP contribution < -0.4 is 0 Å². The number of hydrogen-bond donors (Lipinski definition) is 0. The van der Waals surface area contributed by atoms with Crippen molar-refractivity contribution >= 4 is 5.97 Å². The molecule has 4 nitrogen and oxygen atoms in total. The normalized spacial score (nSPS) is 19.0. The molecule has 0 unspecified atom stereocenters. The van der Waals surface area contributed by atoms with Gasteiger partial charge < -0.3 is 9.47 Å². The Labute approximate surface area is 103 Å². The van der Waals surface area contributed by atoms with E-state index in [2.05, 4.69) is 30.6 Å². The fourth-order valence-electron chi connectivity index (χ4n) is 1.61. The third-order valence-electron chi connectivity index (χ3n) is 2.77. The summed E-state index contributed by atoms with van der Waals surface area (Å²) in [7, 11) is 0. The van der Waals surface area contributed by atoms with E-state index >= 15 is 0 Å². The lowest BCUT2D eigenvalue weighted by molar-refractivity contribution is -0.143. The molecule has 0 aromatic rings. The summed E-state index contributed by atoms with van der Waals surface area (Å²) in [4.78, 5) is 13.1. The van der Waals surface area contributed by atoms with E-state index in [4.69, 9.17) is 9.47 Å². The van der Waals surface area contributed by atoms with Crippen LogP contribution >= 0.6 is 0 Å². The van der Waals surface area contributed by atoms with Crippen molar-refractivity contribution in [3.05, 3.63) is 0 Å². The second kappa shape index (κ2) is 8.10. The number of nitrogens with zero attached hydrogens (tertiary/aromatic N) is 1. The van der Waals surface area contributed by atoms with Gasteiger partial charge in [0.25, 0.3) is 0 Å². The molecule has 96 valence electrons. The van der Waals surface area contributed by atoms with Crippen molar-refractivity contribution in [2.45, 2.75) is 32.8 Å². The molecule has 1 aliphatic heterocycles. The van der Waals surface area contributed by atoms with Crippen molar-refractivity contribution < 1.29 is 14.3 Å². The summed E-state index contributed by atoms with van der Waals surface area (Å²) in [5, 5.41) is 0. The van der Waals surface area contributed by atoms with Crippen LogP contribution in [0.3, 0.4) is 0 Å². The highest BCUT2D eigenvalue weighted by atomic mass is 16.6. The Balaban J connectivity index is 2.04. The molecule has 0 aliphatic carbocycles. The van der Waals surface area contributed by atoms with Gasteiger partial charge in [0.2, 0.25) is 0 Å². The van der Waals surface area contributed by atoms with Crippen LogP contribution in [0.15, 0.2) is 0 Å². The Bertz CT molecular complexity index is 289. The first kappa shape index (κ1) is 14.0. The molecule has 1 rings (SSSR count). The van der Waals surface area contributed by atoms with Gasteiger partial charge in [-0.15, -0.1) is 0 Å². The molecule has 1 heterocycles. The number of carbonyl (C=O) groups is 1. The molecule has 17 heavy (non-hydrogen) atoms. The molecule has 0 saturated carbocycles. The van der Waals surface area contributed by atoms with Gasteiger partial charge in [-0.25, -0.2) is 0 Å². The van der Waals surface area contributed by atoms with E-state index in [-0.39, 0.29) is 12.1 Å². The lowest BCUT2D eigenvalue weighted by atomic mass is 10.2. The van der Waals surface area contributed by atoms with Crippen LogP contribution in [0.2, 0.25) is 0 Å². The Morgan fingerprint density at radius 3 is 2.76 bits per heavy atom. The van der Waals surface area contributed by atoms with Crippen molar-refractivity contribution in [3.8, 4) is 11.8 Å². The van der Waals surface area contributed by atoms with Gasteiger partial charge in [0, 0.05) is 6.42 Å². The van der Waals surface area contributed by atoms with E-state index in [0.717, 1.165) is 26.1 Å². The molecular formula is C13H21NO3. The summed E-state index contributed by atoms with van der Waals surface area (Å²) < 4.78 is 10.4. The smallest absolute Gasteiger partial charge is 0.306 e. The highest BCUT2D eigenvalue weighted by molar-refractivity contribution is 5.71. The van der Waals surface area contributed by atoms with Crippen LogP contribution in [0.4, 0.5) is 0 Å². The molecule has 1 atom stereocenters. The molecule has 0 amide bonds. The number of hydrogen-bond acceptors (Lipinski definition) is 4. The predicted molar refractivity (Wildman–Crippen MR) is 65.5 cm³/mol. The number of rotatable bonds is 6. The largest absolute Gasteiger partial charge is 0.460 e. The zero-order valence-corrected chi connectivity index (χ0v) is 10.7. The van der Waals surface area contributed by atoms with Crippen molar-refractivity contribution in [1.29, 1.82) is 0 Å². The van der Waals surface area contributed by atoms with Gasteiger partial charge in [0.1, 0.15) is 12.7 Å². The number of cyclic esters (lactones) is 1. The maximum Gasteiger partial charge on any atom is 0.306 e. The Hall–Kier alpha value is -1.05. The average molecular weight is 239 g/mol. The SMILES string of the molecule is CCN(CC)CC#CCOC[C@H]1CCC(=O)O1. The molecule has 0 spiro atoms. The van der Waals surface area contributed by atoms with E-state index in [0.29, 0.717) is 19.6 Å². The topological polar surface area (TPSA) is 38.8 Å². The molecule has 4 heteroatoms. The molecule has 0 radical (unpaired) electrons. The summed E-state index contributed by atoms with van der Waals surface area (Å²) in [6.45, 7) is 7.94. The van der Waals surface area contributed by atoms with Crippen molar-refractivity contribution in [3.63, 3.8) is 0 Å². The first-order chi connectivity index (χ1) is 8.26. The fourth-order valence-corrected chi connectivity index (χ4v) is 1.61. The second-order valence-electron chi connectivity index (χ2n) is 3.98. The highest BCUT2D eigenvalue weighted by Crippen LogP contribution is 2.13. The van der Waals surface area contributed by atoms with Gasteiger partial charge in [-0.1, -0.05) is 25.7 Å². The summed E-state index contributed by atoms with van der Waals surface area (Å²) in [5.74, 6) is 5.91. The van der Waals surface area contributed by atoms with E-state index in [1.165, 1.54) is 0 Å². The summed E-state index contributed by atoms with van der Waals surface area (Å²) in [6, 6.07) is 0. The predicted octanol–water partition coefficient (Wildman–Crippen LogP) is 1.05. The van der Waals surface area contributed by atoms with Gasteiger partial charge in [0.15, 0.2) is 0 Å². The monoisotopic (exact) mass is 239 g/mol. The van der Waals surface area contributed by atoms with E-state index in [1.54, 1.807) is 0 Å². The molecule has 0 N–H and O–H groups in total. The third kappa shape index (κ3) is 5.71. The number of carbonyl (C=O) groups excluding carboxylic acids is 1. The lowest BCUT2D eigenvalue weighted by Gasteiger charge is -2.13. The zero-order chi connectivity index (χ0) is 12.5. The van der Waals surface area contributed by atoms with Gasteiger partial charge in [-0.05, 0) is 19.5 Å². The summed E-state index contributed by atoms with van der Waals surface area (Å²) in [6.07, 6.45) is 1.22. The average Bonchev–Trinajstić information content (AvgIpc) is 2.74. The van der Waals surface area contributed by atoms with Crippen molar-refractivity contribution in [1.82, 2.24) is 4.90 Å². The molecular weight excluding hydrogens is 218 g/mol. The van der Waals surface area contributed by atoms with Gasteiger partial charge in [-0.2, -0.15) is 0 Å². The van der Waals surface area contributed by atoms with E-state index in [1.807, 2.05) is 0 Å². The first-order valence-electron chi connectivity index (χ1n) is 6.21. The minimum absolute atomic E-state index is 0.0629. The van der Waals surface area contributed by atoms with Crippen LogP contribution in [0.1, 0.15) is 26.7 Å². The first-order valence-corrected chi connectivity index (χ1v) is 6.21. The standard InChI is InChI=1S/C13H21NO3/c1-3-14(4-2)9-5-6-10-16-11-12-7-8-13(15)17-12/h12H,3-4,7-11H2,1-2H3/t12-/m1/s1. The number of ether oxygens (including phenoxy) is 2. The summed E-state index contributed by atoms with van der Waals surface area (Å²) in [5.41, 5.74) is 0. The Morgan fingerprint density at radius 1 is 1.41 bits per heavy atom. The maximum absolute atomic E-state index is 10.8. The van der Waals surface area contributed by atoms with Gasteiger partial charge in [0.05, 0.1) is 13.2 Å². The van der Waals surface area contributed by atoms with Gasteiger partial charge in [-0.3, -0.25) is 9.69 Å². The second-order valence-corrected chi connectivity index (χ2v) is 3.98. The molecule has 0 bridgehead atoms. The van der Waals surface area contributed by atoms with Crippen LogP contribution in [-0.2, 0) is 14.3 Å². The third-order valence-corrected chi connectivity index (χ3v) is 2.77. The highest BCUT2D eigenvalue weighted by Gasteiger charge is 2.22. The maximum atomic E-state index is 10.8. The molecule has 1 saturated heterocycles. The van der Waals surface area contributed by atoms with Gasteiger partial charge >= 0.3 is 5.97 Å². The van der Waals surface area contributed by atoms with Crippen LogP contribution in [0.25, 0.3) is 0 Å². The van der Waals surface area contributed by atoms with Crippen LogP contribution in [0, 0.1) is 11.8 Å². The molecule has 1 fully saturated rings. The van der Waals surface area contributed by atoms with E-state index in [9.17, 15) is 4.79 Å². The molecule has 0 aromatic carbocycles. The summed E-state index contributed by atoms with van der Waals surface area (Å²) >= 11 is 0. The lowest BCUT2D eigenvalue weighted by Crippen LogP contribution is -2.23. The van der Waals surface area contributed by atoms with Crippen molar-refractivity contribution in [2.75, 3.05) is 32.8 Å². The Morgan fingerprint density at radius 2 is 2.18 bits per heavy atom. The number of esters is 1. The Kier molecular flexibility index (Phi) is 6.68. The molecule has 0 aromatic heterocycles. The van der Waals surface area contributed by atoms with Crippen molar-refractivity contribution in [2.24, 2.45) is 0 Å². The minimum atomic E-state index is -0.119. The van der Waals surface area contributed by atoms with Crippen LogP contribution in [0.5, 0.6) is 0 Å². The molecule has 1 aliphatic rings. The minimum Gasteiger partial charge on any atom is -0.460 e. The van der Waals surface area contributed by atoms with Crippen LogP contribution in [-0.4, -0.2) is 49.8 Å². The zero-order valence-electron chi connectivity index (χ0n) is 10.7. The fraction of sp³-hybridized carbons (Fsp3) is 0.769. The quantitative estimate of drug-likeness (QED) is 0.394. The van der Waals surface area contributed by atoms with E-state index < -0.39 is 0 Å².